The second-order valence-corrected chi connectivity index (χ2v) is 6.08. The summed E-state index contributed by atoms with van der Waals surface area (Å²) in [6, 6.07) is 5.61. The average molecular weight is 293 g/mol. The van der Waals surface area contributed by atoms with Crippen molar-refractivity contribution < 1.29 is 13.9 Å². The lowest BCUT2D eigenvalue weighted by Crippen LogP contribution is -2.32. The minimum atomic E-state index is -1.07. The Bertz CT molecular complexity index is 530. The van der Waals surface area contributed by atoms with Crippen molar-refractivity contribution in [2.45, 2.75) is 51.6 Å². The van der Waals surface area contributed by atoms with Crippen LogP contribution < -0.4 is 0 Å². The van der Waals surface area contributed by atoms with Gasteiger partial charge in [0, 0.05) is 0 Å². The molecule has 2 rings (SSSR count). The van der Waals surface area contributed by atoms with Crippen molar-refractivity contribution in [3.8, 4) is 6.07 Å². The molecule has 0 bridgehead atoms. The fraction of sp³-hybridized carbons (Fsp3) is 0.588. The van der Waals surface area contributed by atoms with Gasteiger partial charge in [-0.2, -0.15) is 5.26 Å². The largest absolute Gasteiger partial charge is 0.387 e. The van der Waals surface area contributed by atoms with E-state index in [2.05, 4.69) is 13.0 Å². The monoisotopic (exact) mass is 293 g/mol. The number of nitriles is 1. The van der Waals surface area contributed by atoms with Gasteiger partial charge >= 0.3 is 0 Å². The number of aliphatic hydroxyl groups is 1. The topological polar surface area (TPSA) is 44.0 Å². The molecule has 0 radical (unpaired) electrons. The average Bonchev–Trinajstić information content (AvgIpc) is 2.51. The molecular formula is C17H21F2NO. The maximum Gasteiger partial charge on any atom is 0.159 e. The lowest BCUT2D eigenvalue weighted by Gasteiger charge is -2.38. The lowest BCUT2D eigenvalue weighted by molar-refractivity contribution is 0.0234. The van der Waals surface area contributed by atoms with Crippen molar-refractivity contribution in [2.24, 2.45) is 11.3 Å². The van der Waals surface area contributed by atoms with Crippen LogP contribution in [0.2, 0.25) is 0 Å². The summed E-state index contributed by atoms with van der Waals surface area (Å²) in [4.78, 5) is 0. The first-order valence-corrected chi connectivity index (χ1v) is 7.56. The van der Waals surface area contributed by atoms with E-state index < -0.39 is 23.2 Å². The summed E-state index contributed by atoms with van der Waals surface area (Å²) in [5.41, 5.74) is -0.599. The normalized spacial score (nSPS) is 27.1. The Balaban J connectivity index is 2.17. The summed E-state index contributed by atoms with van der Waals surface area (Å²) >= 11 is 0. The zero-order chi connectivity index (χ0) is 15.5. The maximum absolute atomic E-state index is 13.3. The Morgan fingerprint density at radius 1 is 1.33 bits per heavy atom. The third-order valence-corrected chi connectivity index (χ3v) is 4.70. The van der Waals surface area contributed by atoms with Crippen molar-refractivity contribution in [1.29, 1.82) is 5.26 Å². The van der Waals surface area contributed by atoms with Crippen LogP contribution in [0.15, 0.2) is 18.2 Å². The van der Waals surface area contributed by atoms with E-state index >= 15 is 0 Å². The van der Waals surface area contributed by atoms with Gasteiger partial charge in [-0.3, -0.25) is 0 Å². The van der Waals surface area contributed by atoms with Gasteiger partial charge in [0.05, 0.1) is 17.6 Å². The molecule has 0 aliphatic heterocycles. The van der Waals surface area contributed by atoms with Gasteiger partial charge in [0.25, 0.3) is 0 Å². The zero-order valence-corrected chi connectivity index (χ0v) is 12.3. The molecule has 1 aliphatic carbocycles. The SMILES string of the molecule is CCCC1CCC(C#N)(C(O)c2ccc(F)c(F)c2)CC1. The third kappa shape index (κ3) is 3.24. The highest BCUT2D eigenvalue weighted by atomic mass is 19.2. The molecule has 114 valence electrons. The molecule has 1 atom stereocenters. The number of rotatable bonds is 4. The van der Waals surface area contributed by atoms with E-state index in [1.54, 1.807) is 0 Å². The third-order valence-electron chi connectivity index (χ3n) is 4.70. The number of halogens is 2. The summed E-state index contributed by atoms with van der Waals surface area (Å²) in [6.45, 7) is 2.14. The van der Waals surface area contributed by atoms with Crippen LogP contribution in [0, 0.1) is 34.3 Å². The molecule has 1 aromatic carbocycles. The van der Waals surface area contributed by atoms with Crippen molar-refractivity contribution in [3.05, 3.63) is 35.4 Å². The molecule has 21 heavy (non-hydrogen) atoms. The van der Waals surface area contributed by atoms with Crippen LogP contribution in [0.25, 0.3) is 0 Å². The van der Waals surface area contributed by atoms with Crippen LogP contribution in [0.3, 0.4) is 0 Å². The summed E-state index contributed by atoms with van der Waals surface area (Å²) in [5, 5.41) is 20.1. The molecule has 2 nitrogen and oxygen atoms in total. The van der Waals surface area contributed by atoms with Crippen LogP contribution in [0.1, 0.15) is 57.1 Å². The van der Waals surface area contributed by atoms with Crippen LogP contribution in [0.5, 0.6) is 0 Å². The van der Waals surface area contributed by atoms with Crippen molar-refractivity contribution in [2.75, 3.05) is 0 Å². The highest BCUT2D eigenvalue weighted by molar-refractivity contribution is 5.25. The summed E-state index contributed by atoms with van der Waals surface area (Å²) in [5.74, 6) is -1.32. The smallest absolute Gasteiger partial charge is 0.159 e. The summed E-state index contributed by atoms with van der Waals surface area (Å²) in [6.07, 6.45) is 4.21. The standard InChI is InChI=1S/C17H21F2NO/c1-2-3-12-6-8-17(11-20,9-7-12)16(21)13-4-5-14(18)15(19)10-13/h4-5,10,12,16,21H,2-3,6-9H2,1H3. The van der Waals surface area contributed by atoms with E-state index in [-0.39, 0.29) is 5.56 Å². The second-order valence-electron chi connectivity index (χ2n) is 6.08. The second kappa shape index (κ2) is 6.53. The quantitative estimate of drug-likeness (QED) is 0.888. The fourth-order valence-electron chi connectivity index (χ4n) is 3.34. The Hall–Kier alpha value is -1.47. The molecule has 1 aromatic rings. The van der Waals surface area contributed by atoms with Crippen LogP contribution >= 0.6 is 0 Å². The molecule has 1 saturated carbocycles. The molecule has 1 unspecified atom stereocenters. The van der Waals surface area contributed by atoms with E-state index in [4.69, 9.17) is 0 Å². The number of aliphatic hydroxyl groups excluding tert-OH is 1. The molecule has 0 amide bonds. The van der Waals surface area contributed by atoms with Gasteiger partial charge in [-0.05, 0) is 49.3 Å². The van der Waals surface area contributed by atoms with Crippen LogP contribution in [-0.4, -0.2) is 5.11 Å². The molecule has 4 heteroatoms. The number of nitrogens with zero attached hydrogens (tertiary/aromatic N) is 1. The van der Waals surface area contributed by atoms with Gasteiger partial charge in [0.1, 0.15) is 0 Å². The fourth-order valence-corrected chi connectivity index (χ4v) is 3.34. The van der Waals surface area contributed by atoms with E-state index in [1.807, 2.05) is 0 Å². The van der Waals surface area contributed by atoms with E-state index in [0.717, 1.165) is 37.8 Å². The molecule has 0 aromatic heterocycles. The minimum absolute atomic E-state index is 0.282. The first-order valence-electron chi connectivity index (χ1n) is 7.56. The van der Waals surface area contributed by atoms with E-state index in [1.165, 1.54) is 6.07 Å². The van der Waals surface area contributed by atoms with E-state index in [9.17, 15) is 19.1 Å². The first-order chi connectivity index (χ1) is 10.0. The number of hydrogen-bond donors (Lipinski definition) is 1. The maximum atomic E-state index is 13.3. The van der Waals surface area contributed by atoms with Gasteiger partial charge in [0.2, 0.25) is 0 Å². The zero-order valence-electron chi connectivity index (χ0n) is 12.3. The predicted octanol–water partition coefficient (Wildman–Crippen LogP) is 4.50. The van der Waals surface area contributed by atoms with Gasteiger partial charge in [0.15, 0.2) is 11.6 Å². The number of benzene rings is 1. The van der Waals surface area contributed by atoms with Crippen LogP contribution in [-0.2, 0) is 0 Å². The number of hydrogen-bond acceptors (Lipinski definition) is 2. The van der Waals surface area contributed by atoms with Crippen LogP contribution in [0.4, 0.5) is 8.78 Å². The minimum Gasteiger partial charge on any atom is -0.387 e. The molecule has 0 saturated heterocycles. The Morgan fingerprint density at radius 3 is 2.52 bits per heavy atom. The van der Waals surface area contributed by atoms with Gasteiger partial charge in [-0.1, -0.05) is 25.8 Å². The molecule has 1 fully saturated rings. The van der Waals surface area contributed by atoms with Crippen molar-refractivity contribution >= 4 is 0 Å². The molecule has 1 N–H and O–H groups in total. The Labute approximate surface area is 124 Å². The Morgan fingerprint density at radius 2 is 2.00 bits per heavy atom. The van der Waals surface area contributed by atoms with Gasteiger partial charge < -0.3 is 5.11 Å². The molecule has 1 aliphatic rings. The van der Waals surface area contributed by atoms with Gasteiger partial charge in [-0.25, -0.2) is 8.78 Å². The molecular weight excluding hydrogens is 272 g/mol. The van der Waals surface area contributed by atoms with Crippen molar-refractivity contribution in [1.82, 2.24) is 0 Å². The molecule has 0 spiro atoms. The van der Waals surface area contributed by atoms with Gasteiger partial charge in [-0.15, -0.1) is 0 Å². The predicted molar refractivity (Wildman–Crippen MR) is 76.2 cm³/mol. The lowest BCUT2D eigenvalue weighted by atomic mass is 9.66. The van der Waals surface area contributed by atoms with Crippen molar-refractivity contribution in [3.63, 3.8) is 0 Å². The summed E-state index contributed by atoms with van der Waals surface area (Å²) in [7, 11) is 0. The molecule has 0 heterocycles. The Kier molecular flexibility index (Phi) is 4.95. The summed E-state index contributed by atoms with van der Waals surface area (Å²) < 4.78 is 26.3. The highest BCUT2D eigenvalue weighted by Gasteiger charge is 2.42. The van der Waals surface area contributed by atoms with E-state index in [0.29, 0.717) is 18.8 Å². The first kappa shape index (κ1) is 15.9. The highest BCUT2D eigenvalue weighted by Crippen LogP contribution is 2.48.